The second-order valence-corrected chi connectivity index (χ2v) is 7.62. The van der Waals surface area contributed by atoms with Gasteiger partial charge in [-0.15, -0.1) is 0 Å². The van der Waals surface area contributed by atoms with Crippen LogP contribution in [0.3, 0.4) is 0 Å². The average molecular weight is 347 g/mol. The van der Waals surface area contributed by atoms with Gasteiger partial charge in [-0.3, -0.25) is 4.55 Å². The third-order valence-electron chi connectivity index (χ3n) is 3.83. The van der Waals surface area contributed by atoms with Gasteiger partial charge < -0.3 is 5.11 Å². The molecule has 0 saturated heterocycles. The summed E-state index contributed by atoms with van der Waals surface area (Å²) in [6.45, 7) is 2.23. The molecule has 0 aliphatic heterocycles. The minimum atomic E-state index is -3.84. The molecule has 0 aliphatic carbocycles. The molecule has 0 bridgehead atoms. The molecule has 1 atom stereocenters. The molecule has 0 amide bonds. The quantitative estimate of drug-likeness (QED) is 0.269. The van der Waals surface area contributed by atoms with Crippen molar-refractivity contribution in [1.29, 1.82) is 0 Å². The van der Waals surface area contributed by atoms with Crippen molar-refractivity contribution < 1.29 is 18.1 Å². The summed E-state index contributed by atoms with van der Waals surface area (Å²) in [6, 6.07) is 0. The van der Waals surface area contributed by atoms with E-state index in [0.717, 1.165) is 12.8 Å². The van der Waals surface area contributed by atoms with Crippen LogP contribution in [0.1, 0.15) is 90.4 Å². The van der Waals surface area contributed by atoms with Crippen LogP contribution < -0.4 is 0 Å². The number of rotatable bonds is 15. The molecule has 0 heterocycles. The van der Waals surface area contributed by atoms with Crippen molar-refractivity contribution in [1.82, 2.24) is 0 Å². The van der Waals surface area contributed by atoms with Crippen LogP contribution in [0, 0.1) is 0 Å². The number of hydrogen-bond acceptors (Lipinski definition) is 3. The molecule has 0 aliphatic rings. The zero-order valence-electron chi connectivity index (χ0n) is 13.6. The van der Waals surface area contributed by atoms with E-state index in [-0.39, 0.29) is 41.4 Å². The molecule has 4 nitrogen and oxygen atoms in total. The van der Waals surface area contributed by atoms with Crippen LogP contribution in [0.4, 0.5) is 0 Å². The molecule has 2 N–H and O–H groups in total. The Balaban J connectivity index is 0. The maximum atomic E-state index is 10.5. The van der Waals surface area contributed by atoms with Crippen LogP contribution in [0.25, 0.3) is 0 Å². The Hall–Kier alpha value is 0.870. The van der Waals surface area contributed by atoms with Crippen molar-refractivity contribution in [3.63, 3.8) is 0 Å². The molecule has 0 fully saturated rings. The second kappa shape index (κ2) is 16.7. The van der Waals surface area contributed by atoms with Crippen LogP contribution in [0.15, 0.2) is 0 Å². The number of aliphatic hydroxyl groups excluding tert-OH is 1. The van der Waals surface area contributed by atoms with Gasteiger partial charge >= 0.3 is 29.6 Å². The van der Waals surface area contributed by atoms with E-state index in [4.69, 9.17) is 4.55 Å². The third-order valence-corrected chi connectivity index (χ3v) is 4.64. The van der Waals surface area contributed by atoms with Gasteiger partial charge in [0.25, 0.3) is 10.1 Å². The standard InChI is InChI=1S/C16H34O4S.Na.H/c1-2-3-4-5-6-7-8-9-10-13-16(17)14-11-12-15-21(18,19)20;;/h16-17H,2-15H2,1H3,(H,18,19,20);;. The van der Waals surface area contributed by atoms with Gasteiger partial charge in [0.15, 0.2) is 0 Å². The Kier molecular flexibility index (Phi) is 19.1. The fourth-order valence-electron chi connectivity index (χ4n) is 2.50. The van der Waals surface area contributed by atoms with Gasteiger partial charge in [0.1, 0.15) is 0 Å². The first-order chi connectivity index (χ1) is 9.95. The van der Waals surface area contributed by atoms with Crippen molar-refractivity contribution in [2.24, 2.45) is 0 Å². The van der Waals surface area contributed by atoms with E-state index in [1.54, 1.807) is 0 Å². The van der Waals surface area contributed by atoms with Gasteiger partial charge in [0, 0.05) is 0 Å². The molecule has 130 valence electrons. The minimum absolute atomic E-state index is 0. The SMILES string of the molecule is CCCCCCCCCCCC(O)CCCCS(=O)(=O)O.[NaH]. The summed E-state index contributed by atoms with van der Waals surface area (Å²) in [4.78, 5) is 0. The molecule has 0 saturated carbocycles. The fourth-order valence-corrected chi connectivity index (χ4v) is 3.07. The molecule has 22 heavy (non-hydrogen) atoms. The zero-order chi connectivity index (χ0) is 16.0. The van der Waals surface area contributed by atoms with Crippen molar-refractivity contribution >= 4 is 39.7 Å². The van der Waals surface area contributed by atoms with E-state index in [9.17, 15) is 13.5 Å². The third kappa shape index (κ3) is 20.9. The molecule has 1 unspecified atom stereocenters. The molecule has 6 heteroatoms. The monoisotopic (exact) mass is 346 g/mol. The Bertz CT molecular complexity index is 320. The normalized spacial score (nSPS) is 12.9. The second-order valence-electron chi connectivity index (χ2n) is 6.05. The predicted molar refractivity (Wildman–Crippen MR) is 95.3 cm³/mol. The van der Waals surface area contributed by atoms with Gasteiger partial charge in [-0.1, -0.05) is 64.7 Å². The van der Waals surface area contributed by atoms with E-state index in [2.05, 4.69) is 6.92 Å². The van der Waals surface area contributed by atoms with Crippen LogP contribution in [0.5, 0.6) is 0 Å². The van der Waals surface area contributed by atoms with Crippen LogP contribution in [0.2, 0.25) is 0 Å². The van der Waals surface area contributed by atoms with Gasteiger partial charge in [-0.25, -0.2) is 0 Å². The first-order valence-electron chi connectivity index (χ1n) is 8.59. The van der Waals surface area contributed by atoms with Crippen molar-refractivity contribution in [2.45, 2.75) is 96.5 Å². The molecular formula is C16H35NaO4S. The van der Waals surface area contributed by atoms with Crippen LogP contribution in [-0.2, 0) is 10.1 Å². The molecular weight excluding hydrogens is 311 g/mol. The van der Waals surface area contributed by atoms with E-state index >= 15 is 0 Å². The number of unbranched alkanes of at least 4 members (excludes halogenated alkanes) is 9. The van der Waals surface area contributed by atoms with Crippen molar-refractivity contribution in [3.05, 3.63) is 0 Å². The summed E-state index contributed by atoms with van der Waals surface area (Å²) in [5.74, 6) is -0.197. The summed E-state index contributed by atoms with van der Waals surface area (Å²) in [7, 11) is -3.84. The van der Waals surface area contributed by atoms with Gasteiger partial charge in [-0.05, 0) is 25.7 Å². The molecule has 0 aromatic rings. The Morgan fingerprint density at radius 3 is 1.64 bits per heavy atom. The van der Waals surface area contributed by atoms with Gasteiger partial charge in [0.05, 0.1) is 11.9 Å². The molecule has 0 aromatic carbocycles. The molecule has 0 radical (unpaired) electrons. The summed E-state index contributed by atoms with van der Waals surface area (Å²) in [5.41, 5.74) is 0. The number of hydrogen-bond donors (Lipinski definition) is 2. The first-order valence-corrected chi connectivity index (χ1v) is 10.2. The topological polar surface area (TPSA) is 74.6 Å². The Labute approximate surface area is 159 Å². The Morgan fingerprint density at radius 2 is 1.18 bits per heavy atom. The molecule has 0 aromatic heterocycles. The predicted octanol–water partition coefficient (Wildman–Crippen LogP) is 3.68. The maximum absolute atomic E-state index is 10.5. The zero-order valence-corrected chi connectivity index (χ0v) is 14.4. The molecule has 0 spiro atoms. The van der Waals surface area contributed by atoms with E-state index < -0.39 is 10.1 Å². The summed E-state index contributed by atoms with van der Waals surface area (Å²) >= 11 is 0. The Morgan fingerprint density at radius 1 is 0.773 bits per heavy atom. The summed E-state index contributed by atoms with van der Waals surface area (Å²) in [5, 5.41) is 9.77. The number of aliphatic hydroxyl groups is 1. The van der Waals surface area contributed by atoms with Gasteiger partial charge in [-0.2, -0.15) is 8.42 Å². The van der Waals surface area contributed by atoms with E-state index in [1.807, 2.05) is 0 Å². The fraction of sp³-hybridized carbons (Fsp3) is 1.00. The van der Waals surface area contributed by atoms with Crippen molar-refractivity contribution in [2.75, 3.05) is 5.75 Å². The first kappa shape index (κ1) is 25.1. The average Bonchev–Trinajstić information content (AvgIpc) is 2.41. The van der Waals surface area contributed by atoms with E-state index in [1.165, 1.54) is 51.4 Å². The summed E-state index contributed by atoms with van der Waals surface area (Å²) < 4.78 is 29.6. The van der Waals surface area contributed by atoms with E-state index in [0.29, 0.717) is 19.3 Å². The molecule has 0 rings (SSSR count). The van der Waals surface area contributed by atoms with Gasteiger partial charge in [0.2, 0.25) is 0 Å². The van der Waals surface area contributed by atoms with Crippen LogP contribution >= 0.6 is 0 Å². The summed E-state index contributed by atoms with van der Waals surface area (Å²) in [6.07, 6.45) is 13.7. The van der Waals surface area contributed by atoms with Crippen molar-refractivity contribution in [3.8, 4) is 0 Å². The van der Waals surface area contributed by atoms with Crippen LogP contribution in [-0.4, -0.2) is 59.5 Å².